The summed E-state index contributed by atoms with van der Waals surface area (Å²) in [5.74, 6) is 0. The molecule has 0 aromatic heterocycles. The van der Waals surface area contributed by atoms with Crippen LogP contribution >= 0.6 is 12.4 Å². The zero-order valence-corrected chi connectivity index (χ0v) is 5.15. The smallest absolute Gasteiger partial charge is 0.122 e. The van der Waals surface area contributed by atoms with Crippen molar-refractivity contribution in [1.29, 1.82) is 0 Å². The predicted octanol–water partition coefficient (Wildman–Crippen LogP) is 0.177. The van der Waals surface area contributed by atoms with Gasteiger partial charge in [0, 0.05) is 6.42 Å². The van der Waals surface area contributed by atoms with Crippen molar-refractivity contribution in [1.82, 2.24) is 0 Å². The maximum atomic E-state index is 8.36. The van der Waals surface area contributed by atoms with E-state index >= 15 is 0 Å². The van der Waals surface area contributed by atoms with Crippen LogP contribution in [-0.2, 0) is 4.84 Å². The molecule has 0 radical (unpaired) electrons. The second-order valence-corrected chi connectivity index (χ2v) is 1.40. The van der Waals surface area contributed by atoms with E-state index in [9.17, 15) is 0 Å². The second kappa shape index (κ2) is 3.69. The Morgan fingerprint density at radius 2 is 2.50 bits per heavy atom. The van der Waals surface area contributed by atoms with Gasteiger partial charge < -0.3 is 9.94 Å². The highest BCUT2D eigenvalue weighted by Crippen LogP contribution is 1.97. The standard InChI is InChI=1S/C4H7NO2.ClH/c6-3-4-1-2-7-5-4;/h6H,1-3H2;1H. The highest BCUT2D eigenvalue weighted by atomic mass is 35.5. The van der Waals surface area contributed by atoms with E-state index in [2.05, 4.69) is 9.99 Å². The van der Waals surface area contributed by atoms with Crippen LogP contribution in [0.1, 0.15) is 6.42 Å². The van der Waals surface area contributed by atoms with E-state index in [1.54, 1.807) is 0 Å². The van der Waals surface area contributed by atoms with Crippen molar-refractivity contribution in [3.05, 3.63) is 0 Å². The highest BCUT2D eigenvalue weighted by molar-refractivity contribution is 5.86. The molecule has 0 unspecified atom stereocenters. The largest absolute Gasteiger partial charge is 0.395 e. The van der Waals surface area contributed by atoms with E-state index in [4.69, 9.17) is 5.11 Å². The molecular formula is C4H8ClNO2. The number of aliphatic hydroxyl groups is 1. The maximum Gasteiger partial charge on any atom is 0.122 e. The second-order valence-electron chi connectivity index (χ2n) is 1.40. The number of rotatable bonds is 1. The van der Waals surface area contributed by atoms with Crippen LogP contribution in [0.15, 0.2) is 5.16 Å². The minimum atomic E-state index is 0. The topological polar surface area (TPSA) is 41.8 Å². The zero-order valence-electron chi connectivity index (χ0n) is 4.33. The Labute approximate surface area is 53.7 Å². The first-order valence-electron chi connectivity index (χ1n) is 2.22. The summed E-state index contributed by atoms with van der Waals surface area (Å²) in [5, 5.41) is 11.9. The Balaban J connectivity index is 0.000000490. The number of nitrogens with zero attached hydrogens (tertiary/aromatic N) is 1. The molecule has 0 spiro atoms. The molecule has 4 heteroatoms. The van der Waals surface area contributed by atoms with Crippen LogP contribution in [0, 0.1) is 0 Å². The molecule has 1 heterocycles. The van der Waals surface area contributed by atoms with Crippen molar-refractivity contribution in [2.24, 2.45) is 5.16 Å². The molecule has 1 aliphatic heterocycles. The van der Waals surface area contributed by atoms with Gasteiger partial charge in [0.15, 0.2) is 0 Å². The molecule has 48 valence electrons. The first kappa shape index (κ1) is 7.72. The summed E-state index contributed by atoms with van der Waals surface area (Å²) in [5.41, 5.74) is 0.750. The number of aliphatic hydroxyl groups excluding tert-OH is 1. The van der Waals surface area contributed by atoms with Gasteiger partial charge in [0.05, 0.1) is 12.3 Å². The zero-order chi connectivity index (χ0) is 5.11. The fourth-order valence-corrected chi connectivity index (χ4v) is 0.454. The van der Waals surface area contributed by atoms with Gasteiger partial charge in [-0.1, -0.05) is 5.16 Å². The maximum absolute atomic E-state index is 8.36. The predicted molar refractivity (Wildman–Crippen MR) is 32.3 cm³/mol. The number of halogens is 1. The molecule has 0 aromatic rings. The van der Waals surface area contributed by atoms with Crippen molar-refractivity contribution < 1.29 is 9.94 Å². The van der Waals surface area contributed by atoms with E-state index in [0.717, 1.165) is 12.1 Å². The normalized spacial score (nSPS) is 16.4. The SMILES string of the molecule is Cl.OCC1=NOCC1. The van der Waals surface area contributed by atoms with Gasteiger partial charge >= 0.3 is 0 Å². The average molecular weight is 138 g/mol. The summed E-state index contributed by atoms with van der Waals surface area (Å²) < 4.78 is 0. The van der Waals surface area contributed by atoms with Crippen molar-refractivity contribution in [3.63, 3.8) is 0 Å². The van der Waals surface area contributed by atoms with Gasteiger partial charge in [0.2, 0.25) is 0 Å². The fraction of sp³-hybridized carbons (Fsp3) is 0.750. The molecule has 3 nitrogen and oxygen atoms in total. The molecule has 0 fully saturated rings. The van der Waals surface area contributed by atoms with Crippen LogP contribution in [0.2, 0.25) is 0 Å². The fourth-order valence-electron chi connectivity index (χ4n) is 0.454. The van der Waals surface area contributed by atoms with Crippen LogP contribution in [-0.4, -0.2) is 24.0 Å². The lowest BCUT2D eigenvalue weighted by Crippen LogP contribution is -1.98. The van der Waals surface area contributed by atoms with Gasteiger partial charge in [-0.2, -0.15) is 0 Å². The number of hydrogen-bond acceptors (Lipinski definition) is 3. The van der Waals surface area contributed by atoms with Crippen LogP contribution in [0.25, 0.3) is 0 Å². The molecule has 1 N–H and O–H groups in total. The van der Waals surface area contributed by atoms with Crippen molar-refractivity contribution in [2.75, 3.05) is 13.2 Å². The number of hydrogen-bond donors (Lipinski definition) is 1. The lowest BCUT2D eigenvalue weighted by Gasteiger charge is -1.81. The molecule has 0 saturated heterocycles. The Bertz CT molecular complexity index is 94.0. The summed E-state index contributed by atoms with van der Waals surface area (Å²) in [4.78, 5) is 4.58. The summed E-state index contributed by atoms with van der Waals surface area (Å²) in [7, 11) is 0. The Hall–Kier alpha value is -0.280. The van der Waals surface area contributed by atoms with Crippen molar-refractivity contribution >= 4 is 18.1 Å². The quantitative estimate of drug-likeness (QED) is 0.560. The lowest BCUT2D eigenvalue weighted by atomic mass is 10.3. The lowest BCUT2D eigenvalue weighted by molar-refractivity contribution is 0.173. The van der Waals surface area contributed by atoms with Crippen LogP contribution in [0.5, 0.6) is 0 Å². The Morgan fingerprint density at radius 3 is 2.75 bits per heavy atom. The Morgan fingerprint density at radius 1 is 1.75 bits per heavy atom. The molecule has 0 bridgehead atoms. The molecule has 8 heavy (non-hydrogen) atoms. The molecule has 0 atom stereocenters. The molecular weight excluding hydrogens is 130 g/mol. The molecule has 0 saturated carbocycles. The van der Waals surface area contributed by atoms with E-state index in [0.29, 0.717) is 6.61 Å². The summed E-state index contributed by atoms with van der Waals surface area (Å²) in [6, 6.07) is 0. The first-order chi connectivity index (χ1) is 3.43. The van der Waals surface area contributed by atoms with E-state index < -0.39 is 0 Å². The van der Waals surface area contributed by atoms with Gasteiger partial charge in [-0.05, 0) is 0 Å². The van der Waals surface area contributed by atoms with Crippen LogP contribution in [0.4, 0.5) is 0 Å². The van der Waals surface area contributed by atoms with Gasteiger partial charge in [-0.3, -0.25) is 0 Å². The van der Waals surface area contributed by atoms with E-state index in [1.807, 2.05) is 0 Å². The average Bonchev–Trinajstić information content (AvgIpc) is 2.14. The van der Waals surface area contributed by atoms with Gasteiger partial charge in [0.1, 0.15) is 6.61 Å². The van der Waals surface area contributed by atoms with Gasteiger partial charge in [-0.25, -0.2) is 0 Å². The highest BCUT2D eigenvalue weighted by Gasteiger charge is 2.03. The minimum absolute atomic E-state index is 0. The molecule has 1 aliphatic rings. The van der Waals surface area contributed by atoms with Crippen LogP contribution in [0.3, 0.4) is 0 Å². The minimum Gasteiger partial charge on any atom is -0.395 e. The summed E-state index contributed by atoms with van der Waals surface area (Å²) in [6.07, 6.45) is 0.788. The molecule has 0 amide bonds. The van der Waals surface area contributed by atoms with Crippen LogP contribution < -0.4 is 0 Å². The third-order valence-corrected chi connectivity index (χ3v) is 0.858. The van der Waals surface area contributed by atoms with Gasteiger partial charge in [0.25, 0.3) is 0 Å². The third-order valence-electron chi connectivity index (χ3n) is 0.858. The van der Waals surface area contributed by atoms with Crippen molar-refractivity contribution in [3.8, 4) is 0 Å². The molecule has 0 aliphatic carbocycles. The molecule has 1 rings (SSSR count). The van der Waals surface area contributed by atoms with Crippen molar-refractivity contribution in [2.45, 2.75) is 6.42 Å². The monoisotopic (exact) mass is 137 g/mol. The third kappa shape index (κ3) is 1.68. The molecule has 0 aromatic carbocycles. The summed E-state index contributed by atoms with van der Waals surface area (Å²) in [6.45, 7) is 0.676. The number of oxime groups is 1. The van der Waals surface area contributed by atoms with E-state index in [1.165, 1.54) is 0 Å². The van der Waals surface area contributed by atoms with E-state index in [-0.39, 0.29) is 19.0 Å². The first-order valence-corrected chi connectivity index (χ1v) is 2.22. The Kier molecular flexibility index (Phi) is 3.56. The summed E-state index contributed by atoms with van der Waals surface area (Å²) >= 11 is 0. The van der Waals surface area contributed by atoms with Gasteiger partial charge in [-0.15, -0.1) is 12.4 Å².